The number of para-hydroxylation sites is 1. The minimum absolute atomic E-state index is 0.00143. The molecule has 1 atom stereocenters. The monoisotopic (exact) mass is 467 g/mol. The quantitative estimate of drug-likeness (QED) is 0.212. The van der Waals surface area contributed by atoms with Crippen molar-refractivity contribution in [3.8, 4) is 0 Å². The summed E-state index contributed by atoms with van der Waals surface area (Å²) in [6.07, 6.45) is 0. The second-order valence-electron chi connectivity index (χ2n) is 7.41. The summed E-state index contributed by atoms with van der Waals surface area (Å²) in [5, 5.41) is 27.4. The Labute approximate surface area is 195 Å². The van der Waals surface area contributed by atoms with Gasteiger partial charge in [0.05, 0.1) is 22.4 Å². The number of aromatic nitrogens is 3. The molecular formula is C22H25N7O3S. The van der Waals surface area contributed by atoms with E-state index in [0.29, 0.717) is 16.4 Å². The molecule has 2 N–H and O–H groups in total. The molecule has 0 unspecified atom stereocenters. The van der Waals surface area contributed by atoms with Crippen LogP contribution in [0.1, 0.15) is 36.8 Å². The number of benzene rings is 2. The Morgan fingerprint density at radius 2 is 1.91 bits per heavy atom. The highest BCUT2D eigenvalue weighted by molar-refractivity contribution is 7.99. The van der Waals surface area contributed by atoms with Crippen molar-refractivity contribution in [3.05, 3.63) is 75.6 Å². The normalized spacial score (nSPS) is 12.3. The van der Waals surface area contributed by atoms with Gasteiger partial charge in [-0.1, -0.05) is 30.0 Å². The van der Waals surface area contributed by atoms with Crippen molar-refractivity contribution >= 4 is 34.8 Å². The number of nitrogens with zero attached hydrogens (tertiary/aromatic N) is 5. The Morgan fingerprint density at radius 3 is 2.58 bits per heavy atom. The van der Waals surface area contributed by atoms with Gasteiger partial charge in [0, 0.05) is 24.9 Å². The smallest absolute Gasteiger partial charge is 0.269 e. The molecule has 0 bridgehead atoms. The summed E-state index contributed by atoms with van der Waals surface area (Å²) < 4.78 is 1.86. The first-order valence-corrected chi connectivity index (χ1v) is 11.2. The van der Waals surface area contributed by atoms with Crippen LogP contribution in [-0.4, -0.2) is 37.1 Å². The van der Waals surface area contributed by atoms with E-state index < -0.39 is 4.92 Å². The third-order valence-electron chi connectivity index (χ3n) is 4.95. The van der Waals surface area contributed by atoms with E-state index in [4.69, 9.17) is 0 Å². The Kier molecular flexibility index (Phi) is 7.78. The first kappa shape index (κ1) is 23.9. The van der Waals surface area contributed by atoms with Gasteiger partial charge in [-0.15, -0.1) is 10.2 Å². The second kappa shape index (κ2) is 10.7. The zero-order valence-corrected chi connectivity index (χ0v) is 19.6. The maximum atomic E-state index is 12.2. The average molecular weight is 468 g/mol. The SMILES string of the molecule is C/C(=N/NC(=O)CSc1nnc([C@H](C)Nc2ccccc2C)n1C)c1ccc([N+](=O)[O-])cc1. The van der Waals surface area contributed by atoms with Crippen LogP contribution in [0.4, 0.5) is 11.4 Å². The van der Waals surface area contributed by atoms with E-state index in [1.54, 1.807) is 19.1 Å². The van der Waals surface area contributed by atoms with Crippen molar-refractivity contribution in [1.29, 1.82) is 0 Å². The van der Waals surface area contributed by atoms with E-state index in [1.165, 1.54) is 23.9 Å². The zero-order valence-electron chi connectivity index (χ0n) is 18.8. The van der Waals surface area contributed by atoms with E-state index >= 15 is 0 Å². The number of anilines is 1. The Morgan fingerprint density at radius 1 is 1.21 bits per heavy atom. The highest BCUT2D eigenvalue weighted by Gasteiger charge is 2.17. The van der Waals surface area contributed by atoms with Crippen LogP contribution < -0.4 is 10.7 Å². The fourth-order valence-electron chi connectivity index (χ4n) is 3.06. The molecule has 11 heteroatoms. The Bertz CT molecular complexity index is 1170. The number of hydrazone groups is 1. The van der Waals surface area contributed by atoms with E-state index in [1.807, 2.05) is 49.7 Å². The minimum Gasteiger partial charge on any atom is -0.375 e. The number of nitro benzene ring substituents is 1. The molecule has 0 aliphatic heterocycles. The van der Waals surface area contributed by atoms with E-state index in [-0.39, 0.29) is 23.4 Å². The molecule has 10 nitrogen and oxygen atoms in total. The fourth-order valence-corrected chi connectivity index (χ4v) is 3.77. The molecule has 0 saturated heterocycles. The van der Waals surface area contributed by atoms with Crippen LogP contribution >= 0.6 is 11.8 Å². The topological polar surface area (TPSA) is 127 Å². The molecule has 2 aromatic carbocycles. The third kappa shape index (κ3) is 6.16. The van der Waals surface area contributed by atoms with Crippen molar-refractivity contribution in [3.63, 3.8) is 0 Å². The summed E-state index contributed by atoms with van der Waals surface area (Å²) >= 11 is 1.26. The highest BCUT2D eigenvalue weighted by atomic mass is 32.2. The van der Waals surface area contributed by atoms with Crippen molar-refractivity contribution in [1.82, 2.24) is 20.2 Å². The van der Waals surface area contributed by atoms with Crippen LogP contribution in [0.3, 0.4) is 0 Å². The Hall–Kier alpha value is -3.73. The van der Waals surface area contributed by atoms with Gasteiger partial charge in [0.25, 0.3) is 11.6 Å². The molecule has 0 radical (unpaired) electrons. The summed E-state index contributed by atoms with van der Waals surface area (Å²) in [5.41, 5.74) is 5.90. The standard InChI is InChI=1S/C22H25N7O3S/c1-14-7-5-6-8-19(14)23-16(3)21-26-27-22(28(21)4)33-13-20(30)25-24-15(2)17-9-11-18(12-10-17)29(31)32/h5-12,16,23H,13H2,1-4H3,(H,25,30)/b24-15-/t16-/m0/s1. The van der Waals surface area contributed by atoms with Crippen LogP contribution in [0, 0.1) is 17.0 Å². The number of carbonyl (C=O) groups is 1. The van der Waals surface area contributed by atoms with Crippen LogP contribution in [0.15, 0.2) is 58.8 Å². The predicted octanol–water partition coefficient (Wildman–Crippen LogP) is 3.84. The third-order valence-corrected chi connectivity index (χ3v) is 5.97. The lowest BCUT2D eigenvalue weighted by molar-refractivity contribution is -0.384. The van der Waals surface area contributed by atoms with Gasteiger partial charge in [0.1, 0.15) is 0 Å². The number of amides is 1. The molecule has 0 fully saturated rings. The van der Waals surface area contributed by atoms with E-state index in [2.05, 4.69) is 26.0 Å². The number of thioether (sulfide) groups is 1. The molecule has 33 heavy (non-hydrogen) atoms. The minimum atomic E-state index is -0.466. The maximum Gasteiger partial charge on any atom is 0.269 e. The lowest BCUT2D eigenvalue weighted by Gasteiger charge is -2.16. The predicted molar refractivity (Wildman–Crippen MR) is 128 cm³/mol. The number of carbonyl (C=O) groups excluding carboxylic acids is 1. The van der Waals surface area contributed by atoms with E-state index in [0.717, 1.165) is 17.1 Å². The molecule has 3 aromatic rings. The average Bonchev–Trinajstić information content (AvgIpc) is 3.18. The van der Waals surface area contributed by atoms with E-state index in [9.17, 15) is 14.9 Å². The highest BCUT2D eigenvalue weighted by Crippen LogP contribution is 2.23. The molecule has 1 heterocycles. The molecular weight excluding hydrogens is 442 g/mol. The molecule has 172 valence electrons. The number of aryl methyl sites for hydroxylation is 1. The van der Waals surface area contributed by atoms with Crippen molar-refractivity contribution in [2.24, 2.45) is 12.1 Å². The molecule has 0 spiro atoms. The van der Waals surface area contributed by atoms with Crippen LogP contribution in [0.25, 0.3) is 0 Å². The number of hydrogen-bond acceptors (Lipinski definition) is 8. The summed E-state index contributed by atoms with van der Waals surface area (Å²) in [4.78, 5) is 22.5. The molecule has 3 rings (SSSR count). The summed E-state index contributed by atoms with van der Waals surface area (Å²) in [6, 6.07) is 13.9. The largest absolute Gasteiger partial charge is 0.375 e. The number of non-ortho nitro benzene ring substituents is 1. The summed E-state index contributed by atoms with van der Waals surface area (Å²) in [6.45, 7) is 5.76. The summed E-state index contributed by atoms with van der Waals surface area (Å²) in [7, 11) is 1.86. The molecule has 0 aliphatic carbocycles. The van der Waals surface area contributed by atoms with Crippen molar-refractivity contribution < 1.29 is 9.72 Å². The van der Waals surface area contributed by atoms with Gasteiger partial charge >= 0.3 is 0 Å². The first-order valence-electron chi connectivity index (χ1n) is 10.2. The maximum absolute atomic E-state index is 12.2. The molecule has 1 aromatic heterocycles. The zero-order chi connectivity index (χ0) is 24.0. The lowest BCUT2D eigenvalue weighted by Crippen LogP contribution is -2.21. The van der Waals surface area contributed by atoms with Gasteiger partial charge in [0.15, 0.2) is 11.0 Å². The fraction of sp³-hybridized carbons (Fsp3) is 0.273. The van der Waals surface area contributed by atoms with Gasteiger partial charge in [-0.05, 0) is 50.1 Å². The molecule has 0 aliphatic rings. The number of nitrogens with one attached hydrogen (secondary N) is 2. The van der Waals surface area contributed by atoms with Crippen molar-refractivity contribution in [2.45, 2.75) is 32.0 Å². The van der Waals surface area contributed by atoms with Gasteiger partial charge in [-0.25, -0.2) is 5.43 Å². The number of hydrogen-bond donors (Lipinski definition) is 2. The van der Waals surface area contributed by atoms with Crippen LogP contribution in [-0.2, 0) is 11.8 Å². The molecule has 1 amide bonds. The van der Waals surface area contributed by atoms with Crippen molar-refractivity contribution in [2.75, 3.05) is 11.1 Å². The van der Waals surface area contributed by atoms with Gasteiger partial charge in [-0.2, -0.15) is 5.10 Å². The summed E-state index contributed by atoms with van der Waals surface area (Å²) in [5.74, 6) is 0.577. The van der Waals surface area contributed by atoms with Gasteiger partial charge < -0.3 is 9.88 Å². The van der Waals surface area contributed by atoms with Crippen LogP contribution in [0.2, 0.25) is 0 Å². The second-order valence-corrected chi connectivity index (χ2v) is 8.35. The number of nitro groups is 1. The molecule has 0 saturated carbocycles. The Balaban J connectivity index is 1.55. The van der Waals surface area contributed by atoms with Gasteiger partial charge in [0.2, 0.25) is 0 Å². The van der Waals surface area contributed by atoms with Crippen LogP contribution in [0.5, 0.6) is 0 Å². The lowest BCUT2D eigenvalue weighted by atomic mass is 10.1. The first-order chi connectivity index (χ1) is 15.8. The van der Waals surface area contributed by atoms with Gasteiger partial charge in [-0.3, -0.25) is 14.9 Å². The number of rotatable bonds is 9.